The third-order valence-corrected chi connectivity index (χ3v) is 3.81. The van der Waals surface area contributed by atoms with Gasteiger partial charge in [-0.05, 0) is 52.4 Å². The topological polar surface area (TPSA) is 36.9 Å². The van der Waals surface area contributed by atoms with Gasteiger partial charge in [0.1, 0.15) is 0 Å². The van der Waals surface area contributed by atoms with Crippen molar-refractivity contribution in [2.45, 2.75) is 0 Å². The molecule has 0 aliphatic heterocycles. The highest BCUT2D eigenvalue weighted by atomic mass is 79.9. The largest absolute Gasteiger partial charge is 0.378 e. The maximum absolute atomic E-state index is 5.43. The first-order valence-electron chi connectivity index (χ1n) is 6.10. The molecule has 0 amide bonds. The fourth-order valence-corrected chi connectivity index (χ4v) is 2.75. The lowest BCUT2D eigenvalue weighted by atomic mass is 10.2. The molecule has 1 N–H and O–H groups in total. The van der Waals surface area contributed by atoms with Gasteiger partial charge in [0.25, 0.3) is 0 Å². The van der Waals surface area contributed by atoms with Crippen LogP contribution in [0.15, 0.2) is 41.0 Å². The highest BCUT2D eigenvalue weighted by Crippen LogP contribution is 2.23. The van der Waals surface area contributed by atoms with E-state index in [1.54, 1.807) is 6.20 Å². The number of nitrogens with one attached hydrogen (secondary N) is 1. The standard InChI is InChI=1S/C14H13BrN4S/c1-18(2)10-4-3-5-11(7-10)19-13-12(17-14(19)20)6-9(15)8-16-13/h3-8H,1-2H3,(H,17,20). The van der Waals surface area contributed by atoms with E-state index in [9.17, 15) is 0 Å². The summed E-state index contributed by atoms with van der Waals surface area (Å²) in [5, 5.41) is 0. The third-order valence-electron chi connectivity index (χ3n) is 3.09. The normalized spacial score (nSPS) is 10.9. The Morgan fingerprint density at radius 3 is 2.85 bits per heavy atom. The molecule has 0 bridgehead atoms. The van der Waals surface area contributed by atoms with Gasteiger partial charge in [-0.1, -0.05) is 6.07 Å². The van der Waals surface area contributed by atoms with Crippen LogP contribution >= 0.6 is 28.1 Å². The molecule has 102 valence electrons. The van der Waals surface area contributed by atoms with E-state index in [1.807, 2.05) is 36.9 Å². The number of rotatable bonds is 2. The van der Waals surface area contributed by atoms with E-state index in [0.29, 0.717) is 4.77 Å². The average molecular weight is 349 g/mol. The zero-order chi connectivity index (χ0) is 14.3. The molecule has 0 radical (unpaired) electrons. The van der Waals surface area contributed by atoms with E-state index in [-0.39, 0.29) is 0 Å². The van der Waals surface area contributed by atoms with Crippen LogP contribution in [0, 0.1) is 4.77 Å². The molecule has 0 saturated heterocycles. The number of pyridine rings is 1. The second kappa shape index (κ2) is 5.03. The predicted molar refractivity (Wildman–Crippen MR) is 88.3 cm³/mol. The molecular formula is C14H13BrN4S. The number of halogens is 1. The van der Waals surface area contributed by atoms with Crippen LogP contribution in [0.3, 0.4) is 0 Å². The van der Waals surface area contributed by atoms with E-state index in [0.717, 1.165) is 27.0 Å². The van der Waals surface area contributed by atoms with Crippen molar-refractivity contribution < 1.29 is 0 Å². The molecular weight excluding hydrogens is 336 g/mol. The van der Waals surface area contributed by atoms with Crippen molar-refractivity contribution in [3.8, 4) is 5.69 Å². The number of fused-ring (bicyclic) bond motifs is 1. The smallest absolute Gasteiger partial charge is 0.183 e. The second-order valence-corrected chi connectivity index (χ2v) is 6.01. The van der Waals surface area contributed by atoms with Crippen LogP contribution in [0.2, 0.25) is 0 Å². The molecule has 0 saturated carbocycles. The number of aromatic amines is 1. The van der Waals surface area contributed by atoms with Gasteiger partial charge in [-0.2, -0.15) is 0 Å². The molecule has 3 aromatic rings. The van der Waals surface area contributed by atoms with Gasteiger partial charge in [-0.15, -0.1) is 0 Å². The van der Waals surface area contributed by atoms with Crippen molar-refractivity contribution in [3.63, 3.8) is 0 Å². The van der Waals surface area contributed by atoms with Crippen LogP contribution in [-0.2, 0) is 0 Å². The minimum absolute atomic E-state index is 0.640. The van der Waals surface area contributed by atoms with Gasteiger partial charge in [-0.3, -0.25) is 4.57 Å². The molecule has 2 aromatic heterocycles. The maximum Gasteiger partial charge on any atom is 0.183 e. The minimum Gasteiger partial charge on any atom is -0.378 e. The molecule has 0 atom stereocenters. The van der Waals surface area contributed by atoms with Crippen molar-refractivity contribution in [1.82, 2.24) is 14.5 Å². The van der Waals surface area contributed by atoms with Gasteiger partial charge in [0, 0.05) is 30.5 Å². The summed E-state index contributed by atoms with van der Waals surface area (Å²) in [4.78, 5) is 9.71. The number of aromatic nitrogens is 3. The Morgan fingerprint density at radius 2 is 2.10 bits per heavy atom. The van der Waals surface area contributed by atoms with Crippen LogP contribution in [0.4, 0.5) is 5.69 Å². The van der Waals surface area contributed by atoms with Crippen molar-refractivity contribution in [3.05, 3.63) is 45.8 Å². The number of anilines is 1. The molecule has 2 heterocycles. The number of H-pyrrole nitrogens is 1. The zero-order valence-electron chi connectivity index (χ0n) is 11.1. The number of imidazole rings is 1. The van der Waals surface area contributed by atoms with E-state index < -0.39 is 0 Å². The number of hydrogen-bond donors (Lipinski definition) is 1. The molecule has 0 spiro atoms. The van der Waals surface area contributed by atoms with E-state index in [4.69, 9.17) is 12.2 Å². The fraction of sp³-hybridized carbons (Fsp3) is 0.143. The molecule has 3 rings (SSSR count). The SMILES string of the molecule is CN(C)c1cccc(-n2c(=S)[nH]c3cc(Br)cnc32)c1. The Bertz CT molecular complexity index is 835. The summed E-state index contributed by atoms with van der Waals surface area (Å²) < 4.78 is 3.52. The first-order chi connectivity index (χ1) is 9.56. The summed E-state index contributed by atoms with van der Waals surface area (Å²) in [5.41, 5.74) is 3.87. The Morgan fingerprint density at radius 1 is 1.30 bits per heavy atom. The number of benzene rings is 1. The molecule has 6 heteroatoms. The monoisotopic (exact) mass is 348 g/mol. The summed E-state index contributed by atoms with van der Waals surface area (Å²) in [6.07, 6.45) is 1.78. The van der Waals surface area contributed by atoms with Crippen LogP contribution in [0.25, 0.3) is 16.9 Å². The van der Waals surface area contributed by atoms with Gasteiger partial charge in [0.05, 0.1) is 11.2 Å². The van der Waals surface area contributed by atoms with E-state index in [1.165, 1.54) is 0 Å². The highest BCUT2D eigenvalue weighted by molar-refractivity contribution is 9.10. The lowest BCUT2D eigenvalue weighted by Crippen LogP contribution is -2.09. The van der Waals surface area contributed by atoms with Gasteiger partial charge >= 0.3 is 0 Å². The summed E-state index contributed by atoms with van der Waals surface area (Å²) in [6.45, 7) is 0. The quantitative estimate of drug-likeness (QED) is 0.713. The zero-order valence-corrected chi connectivity index (χ0v) is 13.5. The van der Waals surface area contributed by atoms with Crippen LogP contribution < -0.4 is 4.90 Å². The average Bonchev–Trinajstić information content (AvgIpc) is 2.73. The minimum atomic E-state index is 0.640. The van der Waals surface area contributed by atoms with Gasteiger partial charge in [-0.25, -0.2) is 4.98 Å². The van der Waals surface area contributed by atoms with E-state index in [2.05, 4.69) is 42.9 Å². The Labute approximate surface area is 130 Å². The Hall–Kier alpha value is -1.66. The second-order valence-electron chi connectivity index (χ2n) is 4.70. The molecule has 0 fully saturated rings. The predicted octanol–water partition coefficient (Wildman–Crippen LogP) is 3.91. The fourth-order valence-electron chi connectivity index (χ4n) is 2.12. The first kappa shape index (κ1) is 13.3. The molecule has 20 heavy (non-hydrogen) atoms. The van der Waals surface area contributed by atoms with Gasteiger partial charge in [0.2, 0.25) is 0 Å². The number of nitrogens with zero attached hydrogens (tertiary/aromatic N) is 3. The first-order valence-corrected chi connectivity index (χ1v) is 7.30. The van der Waals surface area contributed by atoms with E-state index >= 15 is 0 Å². The van der Waals surface area contributed by atoms with Crippen LogP contribution in [-0.4, -0.2) is 28.6 Å². The molecule has 0 aliphatic rings. The van der Waals surface area contributed by atoms with Gasteiger partial charge < -0.3 is 9.88 Å². The maximum atomic E-state index is 5.43. The Balaban J connectivity index is 2.26. The molecule has 1 aromatic carbocycles. The third kappa shape index (κ3) is 2.25. The van der Waals surface area contributed by atoms with Crippen molar-refractivity contribution >= 4 is 45.0 Å². The molecule has 4 nitrogen and oxygen atoms in total. The van der Waals surface area contributed by atoms with Crippen molar-refractivity contribution in [2.24, 2.45) is 0 Å². The van der Waals surface area contributed by atoms with Crippen LogP contribution in [0.1, 0.15) is 0 Å². The lowest BCUT2D eigenvalue weighted by Gasteiger charge is -2.14. The van der Waals surface area contributed by atoms with Crippen molar-refractivity contribution in [2.75, 3.05) is 19.0 Å². The summed E-state index contributed by atoms with van der Waals surface area (Å²) in [7, 11) is 4.03. The summed E-state index contributed by atoms with van der Waals surface area (Å²) in [6, 6.07) is 10.2. The summed E-state index contributed by atoms with van der Waals surface area (Å²) in [5.74, 6) is 0. The van der Waals surface area contributed by atoms with Crippen molar-refractivity contribution in [1.29, 1.82) is 0 Å². The Kier molecular flexibility index (Phi) is 3.35. The van der Waals surface area contributed by atoms with Gasteiger partial charge in [0.15, 0.2) is 10.4 Å². The highest BCUT2D eigenvalue weighted by Gasteiger charge is 2.09. The molecule has 0 aliphatic carbocycles. The lowest BCUT2D eigenvalue weighted by molar-refractivity contribution is 1.04. The molecule has 0 unspecified atom stereocenters. The van der Waals surface area contributed by atoms with Crippen LogP contribution in [0.5, 0.6) is 0 Å². The summed E-state index contributed by atoms with van der Waals surface area (Å²) >= 11 is 8.85. The number of hydrogen-bond acceptors (Lipinski definition) is 3.